The molecule has 2 aromatic heterocycles. The van der Waals surface area contributed by atoms with Crippen LogP contribution in [0.2, 0.25) is 5.02 Å². The molecule has 1 N–H and O–H groups in total. The highest BCUT2D eigenvalue weighted by Crippen LogP contribution is 2.17. The lowest BCUT2D eigenvalue weighted by atomic mass is 10.1. The van der Waals surface area contributed by atoms with Gasteiger partial charge < -0.3 is 5.32 Å². The maximum absolute atomic E-state index is 12.2. The molecule has 1 amide bonds. The van der Waals surface area contributed by atoms with E-state index in [1.165, 1.54) is 17.0 Å². The minimum Gasteiger partial charge on any atom is -0.309 e. The van der Waals surface area contributed by atoms with Crippen LogP contribution in [0.3, 0.4) is 0 Å². The molecule has 25 heavy (non-hydrogen) atoms. The Balaban J connectivity index is 1.74. The molecule has 6 nitrogen and oxygen atoms in total. The van der Waals surface area contributed by atoms with Gasteiger partial charge in [0, 0.05) is 22.8 Å². The Labute approximate surface area is 149 Å². The van der Waals surface area contributed by atoms with Crippen LogP contribution in [0.4, 0.5) is 5.82 Å². The first-order valence-electron chi connectivity index (χ1n) is 7.56. The maximum atomic E-state index is 12.2. The Morgan fingerprint density at radius 1 is 1.16 bits per heavy atom. The summed E-state index contributed by atoms with van der Waals surface area (Å²) in [5.74, 6) is 0.102. The number of carbonyl (C=O) groups excluding carboxylic acids is 1. The lowest BCUT2D eigenvalue weighted by Crippen LogP contribution is -2.27. The van der Waals surface area contributed by atoms with Crippen LogP contribution in [-0.2, 0) is 11.3 Å². The fraction of sp³-hybridized carbons (Fsp3) is 0.111. The van der Waals surface area contributed by atoms with Crippen molar-refractivity contribution >= 4 is 23.3 Å². The summed E-state index contributed by atoms with van der Waals surface area (Å²) in [4.78, 5) is 32.6. The second kappa shape index (κ2) is 7.27. The highest BCUT2D eigenvalue weighted by Gasteiger charge is 2.08. The van der Waals surface area contributed by atoms with Crippen LogP contribution in [0.5, 0.6) is 0 Å². The van der Waals surface area contributed by atoms with Gasteiger partial charge >= 0.3 is 0 Å². The van der Waals surface area contributed by atoms with E-state index in [0.29, 0.717) is 16.5 Å². The van der Waals surface area contributed by atoms with Crippen molar-refractivity contribution in [1.82, 2.24) is 14.5 Å². The Morgan fingerprint density at radius 2 is 1.92 bits per heavy atom. The zero-order valence-corrected chi connectivity index (χ0v) is 14.2. The number of aromatic nitrogens is 3. The molecule has 0 fully saturated rings. The first kappa shape index (κ1) is 16.9. The molecule has 0 aliphatic heterocycles. The molecule has 3 aromatic rings. The summed E-state index contributed by atoms with van der Waals surface area (Å²) < 4.78 is 1.24. The SMILES string of the molecule is Cc1ccnc(NC(=O)Cn2cnc(-c3ccc(Cl)cc3)cc2=O)c1. The predicted molar refractivity (Wildman–Crippen MR) is 96.5 cm³/mol. The van der Waals surface area contributed by atoms with Gasteiger partial charge in [-0.15, -0.1) is 0 Å². The van der Waals surface area contributed by atoms with Crippen molar-refractivity contribution in [3.05, 3.63) is 75.9 Å². The Bertz CT molecular complexity index is 967. The van der Waals surface area contributed by atoms with Gasteiger partial charge in [-0.1, -0.05) is 23.7 Å². The van der Waals surface area contributed by atoms with E-state index >= 15 is 0 Å². The van der Waals surface area contributed by atoms with Gasteiger partial charge in [0.15, 0.2) is 0 Å². The number of anilines is 1. The summed E-state index contributed by atoms with van der Waals surface area (Å²) >= 11 is 5.85. The van der Waals surface area contributed by atoms with E-state index in [4.69, 9.17) is 11.6 Å². The number of amides is 1. The number of rotatable bonds is 4. The first-order valence-corrected chi connectivity index (χ1v) is 7.94. The van der Waals surface area contributed by atoms with E-state index in [-0.39, 0.29) is 18.0 Å². The van der Waals surface area contributed by atoms with Gasteiger partial charge in [-0.2, -0.15) is 0 Å². The van der Waals surface area contributed by atoms with Crippen LogP contribution < -0.4 is 10.9 Å². The van der Waals surface area contributed by atoms with Gasteiger partial charge in [0.05, 0.1) is 12.0 Å². The molecule has 0 saturated heterocycles. The summed E-state index contributed by atoms with van der Waals surface area (Å²) in [6, 6.07) is 12.0. The van der Waals surface area contributed by atoms with E-state index in [9.17, 15) is 9.59 Å². The van der Waals surface area contributed by atoms with Gasteiger partial charge in [-0.05, 0) is 36.8 Å². The van der Waals surface area contributed by atoms with Crippen LogP contribution in [0.1, 0.15) is 5.56 Å². The number of hydrogen-bond acceptors (Lipinski definition) is 4. The molecule has 0 bridgehead atoms. The lowest BCUT2D eigenvalue weighted by molar-refractivity contribution is -0.116. The van der Waals surface area contributed by atoms with Crippen LogP contribution in [0.25, 0.3) is 11.3 Å². The Morgan fingerprint density at radius 3 is 2.60 bits per heavy atom. The smallest absolute Gasteiger partial charge is 0.254 e. The number of aryl methyl sites for hydroxylation is 1. The van der Waals surface area contributed by atoms with E-state index in [2.05, 4.69) is 15.3 Å². The number of halogens is 1. The summed E-state index contributed by atoms with van der Waals surface area (Å²) in [6.07, 6.45) is 2.97. The minimum atomic E-state index is -0.346. The van der Waals surface area contributed by atoms with Gasteiger partial charge in [0.2, 0.25) is 5.91 Å². The molecule has 0 radical (unpaired) electrons. The van der Waals surface area contributed by atoms with Crippen molar-refractivity contribution in [2.45, 2.75) is 13.5 Å². The molecule has 0 aliphatic rings. The molecule has 0 spiro atoms. The number of hydrogen-bond donors (Lipinski definition) is 1. The fourth-order valence-electron chi connectivity index (χ4n) is 2.26. The summed E-state index contributed by atoms with van der Waals surface area (Å²) in [6.45, 7) is 1.77. The largest absolute Gasteiger partial charge is 0.309 e. The number of pyridine rings is 1. The Hall–Kier alpha value is -2.99. The number of carbonyl (C=O) groups is 1. The third-order valence-electron chi connectivity index (χ3n) is 3.52. The normalized spacial score (nSPS) is 10.5. The summed E-state index contributed by atoms with van der Waals surface area (Å²) in [5.41, 5.74) is 1.98. The minimum absolute atomic E-state index is 0.137. The molecule has 126 valence electrons. The van der Waals surface area contributed by atoms with Crippen LogP contribution in [0, 0.1) is 6.92 Å². The van der Waals surface area contributed by atoms with Crippen LogP contribution >= 0.6 is 11.6 Å². The third-order valence-corrected chi connectivity index (χ3v) is 3.77. The fourth-order valence-corrected chi connectivity index (χ4v) is 2.39. The van der Waals surface area contributed by atoms with Gasteiger partial charge in [-0.25, -0.2) is 9.97 Å². The van der Waals surface area contributed by atoms with Gasteiger partial charge in [0.25, 0.3) is 5.56 Å². The maximum Gasteiger partial charge on any atom is 0.254 e. The lowest BCUT2D eigenvalue weighted by Gasteiger charge is -2.08. The second-order valence-electron chi connectivity index (χ2n) is 5.51. The van der Waals surface area contributed by atoms with E-state index in [1.54, 1.807) is 36.5 Å². The quantitative estimate of drug-likeness (QED) is 0.781. The molecular weight excluding hydrogens is 340 g/mol. The highest BCUT2D eigenvalue weighted by atomic mass is 35.5. The molecule has 1 aromatic carbocycles. The summed E-state index contributed by atoms with van der Waals surface area (Å²) in [5, 5.41) is 3.27. The molecule has 0 unspecified atom stereocenters. The van der Waals surface area contributed by atoms with Crippen molar-refractivity contribution < 1.29 is 4.79 Å². The second-order valence-corrected chi connectivity index (χ2v) is 5.95. The molecular formula is C18H15ClN4O2. The van der Waals surface area contributed by atoms with E-state index < -0.39 is 0 Å². The number of nitrogens with zero attached hydrogens (tertiary/aromatic N) is 3. The van der Waals surface area contributed by atoms with Crippen molar-refractivity contribution in [2.24, 2.45) is 0 Å². The predicted octanol–water partition coefficient (Wildman–Crippen LogP) is 2.91. The number of benzene rings is 1. The van der Waals surface area contributed by atoms with Crippen molar-refractivity contribution in [3.63, 3.8) is 0 Å². The summed E-state index contributed by atoms with van der Waals surface area (Å²) in [7, 11) is 0. The zero-order valence-electron chi connectivity index (χ0n) is 13.4. The van der Waals surface area contributed by atoms with Gasteiger partial charge in [0.1, 0.15) is 12.4 Å². The van der Waals surface area contributed by atoms with Crippen molar-refractivity contribution in [2.75, 3.05) is 5.32 Å². The van der Waals surface area contributed by atoms with Crippen molar-refractivity contribution in [1.29, 1.82) is 0 Å². The molecule has 0 saturated carbocycles. The Kier molecular flexibility index (Phi) is 4.90. The third kappa shape index (κ3) is 4.30. The van der Waals surface area contributed by atoms with Crippen molar-refractivity contribution in [3.8, 4) is 11.3 Å². The molecule has 2 heterocycles. The molecule has 3 rings (SSSR count). The first-order chi connectivity index (χ1) is 12.0. The van der Waals surface area contributed by atoms with Crippen LogP contribution in [-0.4, -0.2) is 20.4 Å². The molecule has 0 aliphatic carbocycles. The van der Waals surface area contributed by atoms with Crippen LogP contribution in [0.15, 0.2) is 59.8 Å². The van der Waals surface area contributed by atoms with Gasteiger partial charge in [-0.3, -0.25) is 14.2 Å². The number of nitrogens with one attached hydrogen (secondary N) is 1. The van der Waals surface area contributed by atoms with E-state index in [1.807, 2.05) is 13.0 Å². The average molecular weight is 355 g/mol. The average Bonchev–Trinajstić information content (AvgIpc) is 2.57. The highest BCUT2D eigenvalue weighted by molar-refractivity contribution is 6.30. The van der Waals surface area contributed by atoms with E-state index in [0.717, 1.165) is 11.1 Å². The molecule has 7 heteroatoms. The monoisotopic (exact) mass is 354 g/mol. The zero-order chi connectivity index (χ0) is 17.8. The molecule has 0 atom stereocenters. The standard InChI is InChI=1S/C18H15ClN4O2/c1-12-6-7-20-16(8-12)22-17(24)10-23-11-21-15(9-18(23)25)13-2-4-14(19)5-3-13/h2-9,11H,10H2,1H3,(H,20,22,24). The topological polar surface area (TPSA) is 76.9 Å².